The van der Waals surface area contributed by atoms with Crippen molar-refractivity contribution in [2.45, 2.75) is 32.1 Å². The van der Waals surface area contributed by atoms with E-state index in [1.54, 1.807) is 10.9 Å². The number of aryl methyl sites for hydroxylation is 1. The molecule has 4 nitrogen and oxygen atoms in total. The topological polar surface area (TPSA) is 42.7 Å². The van der Waals surface area contributed by atoms with Crippen LogP contribution in [0.3, 0.4) is 0 Å². The highest BCUT2D eigenvalue weighted by Crippen LogP contribution is 2.38. The number of benzene rings is 1. The van der Waals surface area contributed by atoms with Crippen molar-refractivity contribution in [1.82, 2.24) is 20.1 Å². The highest BCUT2D eigenvalue weighted by atomic mass is 35.5. The largest absolute Gasteiger partial charge is 0.305 e. The van der Waals surface area contributed by atoms with Gasteiger partial charge in [-0.25, -0.2) is 9.67 Å². The van der Waals surface area contributed by atoms with E-state index < -0.39 is 0 Å². The zero-order valence-corrected chi connectivity index (χ0v) is 18.6. The molecule has 148 valence electrons. The number of hydrogen-bond donors (Lipinski definition) is 1. The lowest BCUT2D eigenvalue weighted by atomic mass is 9.99. The molecule has 0 saturated heterocycles. The maximum atomic E-state index is 6.40. The van der Waals surface area contributed by atoms with Gasteiger partial charge in [0.05, 0.1) is 16.1 Å². The quantitative estimate of drug-likeness (QED) is 0.333. The van der Waals surface area contributed by atoms with Crippen molar-refractivity contribution in [2.75, 3.05) is 12.8 Å². The van der Waals surface area contributed by atoms with Crippen LogP contribution in [0.15, 0.2) is 42.7 Å². The molecule has 1 atom stereocenters. The van der Waals surface area contributed by atoms with Crippen LogP contribution in [0, 0.1) is 6.92 Å². The smallest absolute Gasteiger partial charge is 0.172 e. The van der Waals surface area contributed by atoms with Crippen LogP contribution in [0.5, 0.6) is 0 Å². The first-order valence-electron chi connectivity index (χ1n) is 9.31. The number of halogens is 2. The van der Waals surface area contributed by atoms with E-state index in [4.69, 9.17) is 28.3 Å². The van der Waals surface area contributed by atoms with Crippen LogP contribution in [-0.2, 0) is 0 Å². The Kier molecular flexibility index (Phi) is 7.41. The van der Waals surface area contributed by atoms with Gasteiger partial charge in [0.1, 0.15) is 0 Å². The molecular formula is C21H24Cl2N4S. The van der Waals surface area contributed by atoms with Crippen LogP contribution >= 0.6 is 35.0 Å². The summed E-state index contributed by atoms with van der Waals surface area (Å²) >= 11 is 14.6. The Bertz CT molecular complexity index is 942. The third kappa shape index (κ3) is 4.71. The zero-order chi connectivity index (χ0) is 20.1. The third-order valence-electron chi connectivity index (χ3n) is 4.46. The predicted molar refractivity (Wildman–Crippen MR) is 121 cm³/mol. The van der Waals surface area contributed by atoms with Gasteiger partial charge in [-0.2, -0.15) is 5.10 Å². The highest BCUT2D eigenvalue weighted by molar-refractivity contribution is 7.99. The van der Waals surface area contributed by atoms with Gasteiger partial charge in [-0.15, -0.1) is 11.8 Å². The first kappa shape index (κ1) is 21.2. The number of aromatic nitrogens is 3. The Morgan fingerprint density at radius 1 is 1.25 bits per heavy atom. The van der Waals surface area contributed by atoms with Crippen molar-refractivity contribution >= 4 is 35.0 Å². The van der Waals surface area contributed by atoms with Gasteiger partial charge >= 0.3 is 0 Å². The Balaban J connectivity index is 2.03. The first-order valence-corrected chi connectivity index (χ1v) is 11.1. The Hall–Kier alpha value is -1.53. The highest BCUT2D eigenvalue weighted by Gasteiger charge is 2.20. The van der Waals surface area contributed by atoms with E-state index in [2.05, 4.69) is 24.1 Å². The summed E-state index contributed by atoms with van der Waals surface area (Å²) in [6.07, 6.45) is 5.97. The van der Waals surface area contributed by atoms with E-state index in [1.807, 2.05) is 55.3 Å². The van der Waals surface area contributed by atoms with Crippen LogP contribution in [0.1, 0.15) is 36.3 Å². The van der Waals surface area contributed by atoms with Crippen molar-refractivity contribution < 1.29 is 0 Å². The van der Waals surface area contributed by atoms with Gasteiger partial charge < -0.3 is 5.32 Å². The molecule has 1 aromatic carbocycles. The van der Waals surface area contributed by atoms with Gasteiger partial charge in [-0.1, -0.05) is 36.5 Å². The minimum absolute atomic E-state index is 0.141. The molecule has 0 aliphatic heterocycles. The Morgan fingerprint density at radius 2 is 2.07 bits per heavy atom. The van der Waals surface area contributed by atoms with Crippen LogP contribution in [0.25, 0.3) is 17.1 Å². The molecule has 0 amide bonds. The molecule has 28 heavy (non-hydrogen) atoms. The summed E-state index contributed by atoms with van der Waals surface area (Å²) in [5.41, 5.74) is 4.21. The fourth-order valence-electron chi connectivity index (χ4n) is 3.12. The second-order valence-corrected chi connectivity index (χ2v) is 8.59. The maximum absolute atomic E-state index is 6.40. The second kappa shape index (κ2) is 9.79. The predicted octanol–water partition coefficient (Wildman–Crippen LogP) is 6.30. The van der Waals surface area contributed by atoms with Crippen molar-refractivity contribution in [3.8, 4) is 17.1 Å². The molecule has 7 heteroatoms. The molecule has 2 heterocycles. The van der Waals surface area contributed by atoms with Crippen molar-refractivity contribution in [3.05, 3.63) is 63.9 Å². The summed E-state index contributed by atoms with van der Waals surface area (Å²) in [5.74, 6) is 1.71. The SMILES string of the molecule is CCCCSC(NC)c1cc(Cl)cc(C)c1-c1ccn(-c2ncccc2Cl)n1. The molecule has 0 aliphatic rings. The summed E-state index contributed by atoms with van der Waals surface area (Å²) in [7, 11) is 1.98. The summed E-state index contributed by atoms with van der Waals surface area (Å²) in [4.78, 5) is 4.35. The maximum Gasteiger partial charge on any atom is 0.172 e. The lowest BCUT2D eigenvalue weighted by Crippen LogP contribution is -2.15. The summed E-state index contributed by atoms with van der Waals surface area (Å²) in [5, 5.41) is 9.63. The van der Waals surface area contributed by atoms with Crippen molar-refractivity contribution in [2.24, 2.45) is 0 Å². The van der Waals surface area contributed by atoms with E-state index in [-0.39, 0.29) is 5.37 Å². The first-order chi connectivity index (χ1) is 13.5. The average Bonchev–Trinajstić information content (AvgIpc) is 3.14. The van der Waals surface area contributed by atoms with Crippen molar-refractivity contribution in [3.63, 3.8) is 0 Å². The molecule has 0 radical (unpaired) electrons. The van der Waals surface area contributed by atoms with Crippen LogP contribution < -0.4 is 5.32 Å². The number of thioether (sulfide) groups is 1. The van der Waals surface area contributed by atoms with E-state index in [9.17, 15) is 0 Å². The summed E-state index contributed by atoms with van der Waals surface area (Å²) in [6.45, 7) is 4.28. The Labute approximate surface area is 180 Å². The second-order valence-electron chi connectivity index (χ2n) is 6.53. The van der Waals surface area contributed by atoms with Gasteiger partial charge in [0, 0.05) is 23.0 Å². The standard InChI is InChI=1S/C21H24Cl2N4S/c1-4-5-11-28-21(24-3)16-13-15(22)12-14(2)19(16)18-8-10-27(26-18)20-17(23)7-6-9-25-20/h6-10,12-13,21,24H,4-5,11H2,1-3H3. The molecule has 3 rings (SSSR count). The monoisotopic (exact) mass is 434 g/mol. The third-order valence-corrected chi connectivity index (χ3v) is 6.32. The number of pyridine rings is 1. The molecular weight excluding hydrogens is 411 g/mol. The fraction of sp³-hybridized carbons (Fsp3) is 0.333. The lowest BCUT2D eigenvalue weighted by molar-refractivity contribution is 0.787. The van der Waals surface area contributed by atoms with Crippen LogP contribution in [0.2, 0.25) is 10.0 Å². The van der Waals surface area contributed by atoms with Crippen molar-refractivity contribution in [1.29, 1.82) is 0 Å². The number of rotatable bonds is 8. The molecule has 0 spiro atoms. The lowest BCUT2D eigenvalue weighted by Gasteiger charge is -2.21. The van der Waals surface area contributed by atoms with E-state index in [0.717, 1.165) is 33.2 Å². The average molecular weight is 435 g/mol. The molecule has 1 N–H and O–H groups in total. The summed E-state index contributed by atoms with van der Waals surface area (Å²) in [6, 6.07) is 9.63. The van der Waals surface area contributed by atoms with Gasteiger partial charge in [0.25, 0.3) is 0 Å². The molecule has 0 fully saturated rings. The van der Waals surface area contributed by atoms with E-state index in [0.29, 0.717) is 10.8 Å². The molecule has 0 aliphatic carbocycles. The molecule has 3 aromatic rings. The van der Waals surface area contributed by atoms with Crippen LogP contribution in [0.4, 0.5) is 0 Å². The van der Waals surface area contributed by atoms with Gasteiger partial charge in [-0.05, 0) is 67.6 Å². The number of unbranched alkanes of at least 4 members (excludes halogenated alkanes) is 1. The molecule has 0 saturated carbocycles. The summed E-state index contributed by atoms with van der Waals surface area (Å²) < 4.78 is 1.72. The van der Waals surface area contributed by atoms with Gasteiger partial charge in [-0.3, -0.25) is 0 Å². The van der Waals surface area contributed by atoms with Gasteiger partial charge in [0.15, 0.2) is 5.82 Å². The van der Waals surface area contributed by atoms with E-state index >= 15 is 0 Å². The number of hydrogen-bond acceptors (Lipinski definition) is 4. The zero-order valence-electron chi connectivity index (χ0n) is 16.2. The van der Waals surface area contributed by atoms with Crippen LogP contribution in [-0.4, -0.2) is 27.6 Å². The molecule has 1 unspecified atom stereocenters. The number of nitrogens with zero attached hydrogens (tertiary/aromatic N) is 3. The van der Waals surface area contributed by atoms with E-state index in [1.165, 1.54) is 12.8 Å². The molecule has 2 aromatic heterocycles. The minimum Gasteiger partial charge on any atom is -0.305 e. The molecule has 0 bridgehead atoms. The minimum atomic E-state index is 0.141. The normalized spacial score (nSPS) is 12.3. The Morgan fingerprint density at radius 3 is 2.79 bits per heavy atom. The van der Waals surface area contributed by atoms with Gasteiger partial charge in [0.2, 0.25) is 0 Å². The fourth-order valence-corrected chi connectivity index (χ4v) is 4.83. The number of nitrogens with one attached hydrogen (secondary N) is 1.